The van der Waals surface area contributed by atoms with Crippen LogP contribution in [-0.2, 0) is 20.8 Å². The molecule has 2 amide bonds. The maximum absolute atomic E-state index is 12.2. The lowest BCUT2D eigenvalue weighted by Gasteiger charge is -2.16. The van der Waals surface area contributed by atoms with Crippen LogP contribution in [0.1, 0.15) is 12.5 Å². The van der Waals surface area contributed by atoms with Crippen molar-refractivity contribution in [1.82, 2.24) is 5.32 Å². The van der Waals surface area contributed by atoms with E-state index in [1.54, 1.807) is 0 Å². The van der Waals surface area contributed by atoms with E-state index in [2.05, 4.69) is 5.32 Å². The average Bonchev–Trinajstić information content (AvgIpc) is 2.45. The quantitative estimate of drug-likeness (QED) is 0.513. The monoisotopic (exact) mass is 363 g/mol. The molecule has 0 heterocycles. The predicted octanol–water partition coefficient (Wildman–Crippen LogP) is 1.23. The summed E-state index contributed by atoms with van der Waals surface area (Å²) in [6, 6.07) is 1.26. The Morgan fingerprint density at radius 2 is 1.92 bits per heavy atom. The molecule has 0 aliphatic carbocycles. The van der Waals surface area contributed by atoms with Crippen molar-refractivity contribution >= 4 is 29.2 Å². The number of anilines is 1. The van der Waals surface area contributed by atoms with Gasteiger partial charge in [0.25, 0.3) is 5.69 Å². The second-order valence-electron chi connectivity index (χ2n) is 4.86. The van der Waals surface area contributed by atoms with Gasteiger partial charge in [0.05, 0.1) is 4.92 Å². The fourth-order valence-corrected chi connectivity index (χ4v) is 1.83. The predicted molar refractivity (Wildman–Crippen MR) is 76.7 cm³/mol. The first-order valence-corrected chi connectivity index (χ1v) is 6.57. The number of nitrogens with zero attached hydrogens (tertiary/aromatic N) is 1. The van der Waals surface area contributed by atoms with Crippen molar-refractivity contribution in [3.8, 4) is 0 Å². The Morgan fingerprint density at radius 3 is 2.36 bits per heavy atom. The largest absolute Gasteiger partial charge is 0.480 e. The van der Waals surface area contributed by atoms with Crippen molar-refractivity contribution < 1.29 is 37.6 Å². The number of nitro groups is 1. The van der Waals surface area contributed by atoms with Crippen molar-refractivity contribution in [2.24, 2.45) is 0 Å². The molecule has 25 heavy (non-hydrogen) atoms. The molecule has 1 aromatic carbocycles. The zero-order valence-electron chi connectivity index (χ0n) is 12.6. The van der Waals surface area contributed by atoms with E-state index in [1.807, 2.05) is 0 Å². The van der Waals surface area contributed by atoms with Gasteiger partial charge in [0.15, 0.2) is 0 Å². The molecule has 0 bridgehead atoms. The molecule has 1 aromatic rings. The molecular weight excluding hydrogens is 351 g/mol. The summed E-state index contributed by atoms with van der Waals surface area (Å²) >= 11 is 0. The van der Waals surface area contributed by atoms with Crippen LogP contribution < -0.4 is 10.6 Å². The lowest BCUT2D eigenvalue weighted by molar-refractivity contribution is -0.384. The van der Waals surface area contributed by atoms with Crippen molar-refractivity contribution in [2.45, 2.75) is 25.6 Å². The molecule has 0 saturated heterocycles. The van der Waals surface area contributed by atoms with Gasteiger partial charge >= 0.3 is 18.1 Å². The number of carboxylic acids is 1. The second kappa shape index (κ2) is 7.59. The van der Waals surface area contributed by atoms with Gasteiger partial charge < -0.3 is 15.7 Å². The van der Waals surface area contributed by atoms with E-state index in [-0.39, 0.29) is 11.3 Å². The number of rotatable bonds is 6. The molecule has 0 saturated carbocycles. The minimum Gasteiger partial charge on any atom is -0.480 e. The van der Waals surface area contributed by atoms with Crippen LogP contribution in [0.3, 0.4) is 0 Å². The van der Waals surface area contributed by atoms with Gasteiger partial charge in [-0.1, -0.05) is 6.07 Å². The minimum atomic E-state index is -5.27. The molecule has 0 fully saturated rings. The number of benzene rings is 1. The SMILES string of the molecule is CC(=O)Nc1ccc(CC(NC(=O)C(F)(F)F)C(=O)O)cc1[N+](=O)[O-]. The molecule has 0 radical (unpaired) electrons. The van der Waals surface area contributed by atoms with Gasteiger partial charge in [-0.05, 0) is 11.6 Å². The van der Waals surface area contributed by atoms with Crippen LogP contribution in [0.2, 0.25) is 0 Å². The summed E-state index contributed by atoms with van der Waals surface area (Å²) < 4.78 is 36.7. The first-order valence-electron chi connectivity index (χ1n) is 6.57. The maximum atomic E-state index is 12.2. The Kier molecular flexibility index (Phi) is 6.03. The minimum absolute atomic E-state index is 0.0179. The smallest absolute Gasteiger partial charge is 0.471 e. The number of nitrogens with one attached hydrogen (secondary N) is 2. The summed E-state index contributed by atoms with van der Waals surface area (Å²) in [5.74, 6) is -4.77. The van der Waals surface area contributed by atoms with Crippen LogP contribution in [-0.4, -0.2) is 40.0 Å². The summed E-state index contributed by atoms with van der Waals surface area (Å²) in [5, 5.41) is 23.4. The highest BCUT2D eigenvalue weighted by Gasteiger charge is 2.40. The van der Waals surface area contributed by atoms with Crippen LogP contribution >= 0.6 is 0 Å². The molecule has 136 valence electrons. The van der Waals surface area contributed by atoms with Crippen molar-refractivity contribution in [2.75, 3.05) is 5.32 Å². The third-order valence-corrected chi connectivity index (χ3v) is 2.87. The summed E-state index contributed by atoms with van der Waals surface area (Å²) in [4.78, 5) is 43.0. The van der Waals surface area contributed by atoms with Gasteiger partial charge in [0, 0.05) is 19.4 Å². The molecule has 0 aromatic heterocycles. The van der Waals surface area contributed by atoms with Crippen molar-refractivity contribution in [3.63, 3.8) is 0 Å². The van der Waals surface area contributed by atoms with Crippen molar-refractivity contribution in [1.29, 1.82) is 0 Å². The Morgan fingerprint density at radius 1 is 1.32 bits per heavy atom. The number of nitro benzene ring substituents is 1. The molecule has 0 aliphatic rings. The summed E-state index contributed by atoms with van der Waals surface area (Å²) in [7, 11) is 0. The van der Waals surface area contributed by atoms with E-state index in [0.717, 1.165) is 19.1 Å². The van der Waals surface area contributed by atoms with E-state index in [4.69, 9.17) is 5.11 Å². The third kappa shape index (κ3) is 5.75. The first kappa shape index (κ1) is 19.9. The van der Waals surface area contributed by atoms with Gasteiger partial charge in [-0.2, -0.15) is 13.2 Å². The lowest BCUT2D eigenvalue weighted by Crippen LogP contribution is -2.47. The summed E-state index contributed by atoms with van der Waals surface area (Å²) in [6.45, 7) is 1.12. The fourth-order valence-electron chi connectivity index (χ4n) is 1.83. The molecule has 0 aliphatic heterocycles. The highest BCUT2D eigenvalue weighted by Crippen LogP contribution is 2.26. The van der Waals surface area contributed by atoms with Crippen LogP contribution in [0.15, 0.2) is 18.2 Å². The Balaban J connectivity index is 3.08. The number of alkyl halides is 3. The molecule has 1 atom stereocenters. The number of aliphatic carboxylic acids is 1. The molecule has 1 unspecified atom stereocenters. The van der Waals surface area contributed by atoms with Gasteiger partial charge in [-0.15, -0.1) is 0 Å². The Hall–Kier alpha value is -3.18. The molecule has 1 rings (SSSR count). The average molecular weight is 363 g/mol. The zero-order chi connectivity index (χ0) is 19.4. The maximum Gasteiger partial charge on any atom is 0.471 e. The summed E-state index contributed by atoms with van der Waals surface area (Å²) in [6.07, 6.45) is -5.90. The standard InChI is InChI=1S/C13H12F3N3O6/c1-6(20)17-8-3-2-7(5-10(8)19(24)25)4-9(11(21)22)18-12(23)13(14,15)16/h2-3,5,9H,4H2,1H3,(H,17,20)(H,18,23)(H,21,22). The van der Waals surface area contributed by atoms with E-state index in [9.17, 15) is 37.7 Å². The molecular formula is C13H12F3N3O6. The Labute approximate surface area is 138 Å². The highest BCUT2D eigenvalue weighted by atomic mass is 19.4. The molecule has 9 nitrogen and oxygen atoms in total. The van der Waals surface area contributed by atoms with E-state index < -0.39 is 47.0 Å². The van der Waals surface area contributed by atoms with Crippen LogP contribution in [0.25, 0.3) is 0 Å². The van der Waals surface area contributed by atoms with Gasteiger partial charge in [-0.25, -0.2) is 4.79 Å². The molecule has 3 N–H and O–H groups in total. The van der Waals surface area contributed by atoms with Gasteiger partial charge in [0.2, 0.25) is 5.91 Å². The number of carbonyl (C=O) groups excluding carboxylic acids is 2. The number of carbonyl (C=O) groups is 3. The second-order valence-corrected chi connectivity index (χ2v) is 4.86. The van der Waals surface area contributed by atoms with E-state index in [1.165, 1.54) is 11.4 Å². The van der Waals surface area contributed by atoms with Crippen LogP contribution in [0.4, 0.5) is 24.5 Å². The number of hydrogen-bond donors (Lipinski definition) is 3. The number of hydrogen-bond acceptors (Lipinski definition) is 5. The number of amides is 2. The van der Waals surface area contributed by atoms with E-state index in [0.29, 0.717) is 0 Å². The number of halogens is 3. The normalized spacial score (nSPS) is 12.2. The van der Waals surface area contributed by atoms with Crippen LogP contribution in [0, 0.1) is 10.1 Å². The molecule has 0 spiro atoms. The van der Waals surface area contributed by atoms with Crippen molar-refractivity contribution in [3.05, 3.63) is 33.9 Å². The topological polar surface area (TPSA) is 139 Å². The van der Waals surface area contributed by atoms with Gasteiger partial charge in [-0.3, -0.25) is 19.7 Å². The van der Waals surface area contributed by atoms with E-state index >= 15 is 0 Å². The first-order chi connectivity index (χ1) is 11.4. The number of carboxylic acid groups (broad SMARTS) is 1. The van der Waals surface area contributed by atoms with Crippen LogP contribution in [0.5, 0.6) is 0 Å². The third-order valence-electron chi connectivity index (χ3n) is 2.87. The highest BCUT2D eigenvalue weighted by molar-refractivity contribution is 5.91. The lowest BCUT2D eigenvalue weighted by atomic mass is 10.0. The summed E-state index contributed by atoms with van der Waals surface area (Å²) in [5.41, 5.74) is -0.748. The molecule has 12 heteroatoms. The zero-order valence-corrected chi connectivity index (χ0v) is 12.6. The fraction of sp³-hybridized carbons (Fsp3) is 0.308. The Bertz CT molecular complexity index is 719. The van der Waals surface area contributed by atoms with Gasteiger partial charge in [0.1, 0.15) is 11.7 Å².